The third-order valence-electron chi connectivity index (χ3n) is 2.60. The highest BCUT2D eigenvalue weighted by atomic mass is 15.1. The van der Waals surface area contributed by atoms with E-state index in [1.54, 1.807) is 0 Å². The summed E-state index contributed by atoms with van der Waals surface area (Å²) < 4.78 is 0. The van der Waals surface area contributed by atoms with Crippen molar-refractivity contribution in [3.63, 3.8) is 0 Å². The van der Waals surface area contributed by atoms with Gasteiger partial charge in [-0.05, 0) is 45.9 Å². The largest absolute Gasteiger partial charge is 0.303 e. The Balaban J connectivity index is 4.98. The molecule has 0 spiro atoms. The lowest BCUT2D eigenvalue weighted by atomic mass is 9.99. The van der Waals surface area contributed by atoms with Gasteiger partial charge in [0.05, 0.1) is 0 Å². The van der Waals surface area contributed by atoms with Crippen LogP contribution in [0.5, 0.6) is 0 Å². The van der Waals surface area contributed by atoms with Gasteiger partial charge in [0.15, 0.2) is 0 Å². The molecule has 1 atom stereocenters. The van der Waals surface area contributed by atoms with Gasteiger partial charge in [-0.15, -0.1) is 0 Å². The van der Waals surface area contributed by atoms with Crippen molar-refractivity contribution < 1.29 is 0 Å². The van der Waals surface area contributed by atoms with Gasteiger partial charge in [0, 0.05) is 6.04 Å². The summed E-state index contributed by atoms with van der Waals surface area (Å²) >= 11 is 0. The van der Waals surface area contributed by atoms with Crippen molar-refractivity contribution in [2.45, 2.75) is 40.2 Å². The van der Waals surface area contributed by atoms with E-state index in [4.69, 9.17) is 0 Å². The van der Waals surface area contributed by atoms with E-state index in [-0.39, 0.29) is 0 Å². The second-order valence-corrected chi connectivity index (χ2v) is 5.56. The lowest BCUT2D eigenvalue weighted by Crippen LogP contribution is -2.26. The first-order chi connectivity index (χ1) is 8.36. The highest BCUT2D eigenvalue weighted by Crippen LogP contribution is 2.16. The molecule has 1 unspecified atom stereocenters. The summed E-state index contributed by atoms with van der Waals surface area (Å²) in [7, 11) is 4.24. The molecule has 0 heterocycles. The van der Waals surface area contributed by atoms with Gasteiger partial charge in [0.25, 0.3) is 0 Å². The summed E-state index contributed by atoms with van der Waals surface area (Å²) in [6.45, 7) is 12.5. The van der Waals surface area contributed by atoms with Gasteiger partial charge in [0.2, 0.25) is 0 Å². The van der Waals surface area contributed by atoms with Crippen molar-refractivity contribution in [1.29, 1.82) is 0 Å². The Morgan fingerprint density at radius 2 is 1.83 bits per heavy atom. The zero-order chi connectivity index (χ0) is 14.1. The van der Waals surface area contributed by atoms with E-state index in [0.29, 0.717) is 12.0 Å². The lowest BCUT2D eigenvalue weighted by molar-refractivity contribution is 0.342. The van der Waals surface area contributed by atoms with Crippen molar-refractivity contribution in [2.24, 2.45) is 5.92 Å². The van der Waals surface area contributed by atoms with E-state index in [1.165, 1.54) is 11.1 Å². The van der Waals surface area contributed by atoms with Crippen molar-refractivity contribution in [1.82, 2.24) is 4.90 Å². The molecular weight excluding hydrogens is 218 g/mol. The second-order valence-electron chi connectivity index (χ2n) is 5.56. The number of rotatable bonds is 7. The van der Waals surface area contributed by atoms with E-state index < -0.39 is 0 Å². The van der Waals surface area contributed by atoms with Gasteiger partial charge < -0.3 is 4.90 Å². The van der Waals surface area contributed by atoms with E-state index >= 15 is 0 Å². The number of likely N-dealkylation sites (N-methyl/N-ethyl adjacent to an activating group) is 1. The summed E-state index contributed by atoms with van der Waals surface area (Å²) in [5, 5.41) is 0. The molecule has 0 radical (unpaired) electrons. The van der Waals surface area contributed by atoms with Crippen LogP contribution in [-0.4, -0.2) is 25.0 Å². The fraction of sp³-hybridized carbons (Fsp3) is 0.529. The van der Waals surface area contributed by atoms with Crippen molar-refractivity contribution in [3.05, 3.63) is 48.1 Å². The van der Waals surface area contributed by atoms with Crippen LogP contribution in [0.1, 0.15) is 34.1 Å². The molecule has 0 saturated heterocycles. The van der Waals surface area contributed by atoms with Crippen LogP contribution >= 0.6 is 0 Å². The van der Waals surface area contributed by atoms with Gasteiger partial charge in [-0.3, -0.25) is 0 Å². The van der Waals surface area contributed by atoms with Gasteiger partial charge in [0.1, 0.15) is 0 Å². The Labute approximate surface area is 114 Å². The third-order valence-corrected chi connectivity index (χ3v) is 2.60. The molecule has 0 aliphatic heterocycles. The normalized spacial score (nSPS) is 14.3. The predicted octanol–water partition coefficient (Wildman–Crippen LogP) is 4.60. The molecule has 0 aromatic heterocycles. The first kappa shape index (κ1) is 16.9. The third kappa shape index (κ3) is 8.08. The Hall–Kier alpha value is -1.08. The topological polar surface area (TPSA) is 3.24 Å². The molecule has 1 heteroatoms. The van der Waals surface area contributed by atoms with Crippen molar-refractivity contribution in [2.75, 3.05) is 14.1 Å². The molecule has 0 aromatic rings. The summed E-state index contributed by atoms with van der Waals surface area (Å²) in [5.74, 6) is 0.585. The Kier molecular flexibility index (Phi) is 8.40. The zero-order valence-electron chi connectivity index (χ0n) is 12.9. The smallest absolute Gasteiger partial charge is 0.0315 e. The molecule has 0 amide bonds. The van der Waals surface area contributed by atoms with E-state index in [0.717, 1.165) is 6.42 Å². The molecule has 0 saturated carbocycles. The minimum Gasteiger partial charge on any atom is -0.303 e. The van der Waals surface area contributed by atoms with Crippen LogP contribution in [0.3, 0.4) is 0 Å². The molecule has 0 rings (SSSR count). The molecule has 18 heavy (non-hydrogen) atoms. The Bertz CT molecular complexity index is 326. The van der Waals surface area contributed by atoms with Crippen LogP contribution in [0, 0.1) is 5.92 Å². The van der Waals surface area contributed by atoms with Crippen LogP contribution in [-0.2, 0) is 0 Å². The fourth-order valence-electron chi connectivity index (χ4n) is 1.85. The van der Waals surface area contributed by atoms with E-state index in [1.807, 2.05) is 12.2 Å². The monoisotopic (exact) mass is 247 g/mol. The first-order valence-electron chi connectivity index (χ1n) is 6.68. The quantitative estimate of drug-likeness (QED) is 0.594. The van der Waals surface area contributed by atoms with E-state index in [9.17, 15) is 0 Å². The number of nitrogens with zero attached hydrogens (tertiary/aromatic N) is 1. The minimum atomic E-state index is 0.420. The summed E-state index contributed by atoms with van der Waals surface area (Å²) in [5.41, 5.74) is 2.77. The molecule has 0 fully saturated rings. The summed E-state index contributed by atoms with van der Waals surface area (Å²) in [4.78, 5) is 2.24. The van der Waals surface area contributed by atoms with Crippen LogP contribution in [0.2, 0.25) is 0 Å². The predicted molar refractivity (Wildman–Crippen MR) is 83.8 cm³/mol. The molecular formula is C17H29N. The average molecular weight is 247 g/mol. The Morgan fingerprint density at radius 1 is 1.22 bits per heavy atom. The zero-order valence-corrected chi connectivity index (χ0v) is 12.9. The molecule has 1 nitrogen and oxygen atoms in total. The standard InChI is InChI=1S/C17H29N/c1-8-9-10-17(18(6)7)13-16(11-14(2)3)12-15(4)5/h8-12,14,17H,1,13H2,2-7H3/b10-9-,16-11+. The molecule has 0 aliphatic rings. The fourth-order valence-corrected chi connectivity index (χ4v) is 1.85. The molecule has 0 aliphatic carbocycles. The van der Waals surface area contributed by atoms with E-state index in [2.05, 4.69) is 71.5 Å². The first-order valence-corrected chi connectivity index (χ1v) is 6.68. The number of hydrogen-bond acceptors (Lipinski definition) is 1. The SMILES string of the molecule is C=C/C=C\C(C/C(C=C(C)C)=C/C(C)C)N(C)C. The molecule has 102 valence electrons. The highest BCUT2D eigenvalue weighted by molar-refractivity contribution is 5.25. The van der Waals surface area contributed by atoms with Gasteiger partial charge in [-0.1, -0.05) is 56.4 Å². The molecule has 0 N–H and O–H groups in total. The summed E-state index contributed by atoms with van der Waals surface area (Å²) in [6, 6.07) is 0.420. The van der Waals surface area contributed by atoms with Gasteiger partial charge in [-0.2, -0.15) is 0 Å². The second kappa shape index (κ2) is 8.93. The summed E-state index contributed by atoms with van der Waals surface area (Å²) in [6.07, 6.45) is 11.8. The number of allylic oxidation sites excluding steroid dienone is 5. The highest BCUT2D eigenvalue weighted by Gasteiger charge is 2.09. The van der Waals surface area contributed by atoms with Crippen LogP contribution < -0.4 is 0 Å². The maximum Gasteiger partial charge on any atom is 0.0315 e. The average Bonchev–Trinajstić information content (AvgIpc) is 2.21. The van der Waals surface area contributed by atoms with Gasteiger partial charge >= 0.3 is 0 Å². The Morgan fingerprint density at radius 3 is 2.22 bits per heavy atom. The maximum absolute atomic E-state index is 3.74. The van der Waals surface area contributed by atoms with Gasteiger partial charge in [-0.25, -0.2) is 0 Å². The van der Waals surface area contributed by atoms with Crippen LogP contribution in [0.25, 0.3) is 0 Å². The molecule has 0 bridgehead atoms. The molecule has 0 aromatic carbocycles. The maximum atomic E-state index is 3.74. The minimum absolute atomic E-state index is 0.420. The lowest BCUT2D eigenvalue weighted by Gasteiger charge is -2.22. The van der Waals surface area contributed by atoms with Crippen molar-refractivity contribution >= 4 is 0 Å². The number of hydrogen-bond donors (Lipinski definition) is 0. The van der Waals surface area contributed by atoms with Crippen molar-refractivity contribution in [3.8, 4) is 0 Å². The van der Waals surface area contributed by atoms with Crippen LogP contribution in [0.4, 0.5) is 0 Å². The van der Waals surface area contributed by atoms with Crippen LogP contribution in [0.15, 0.2) is 48.1 Å².